The minimum atomic E-state index is 0.175. The Morgan fingerprint density at radius 3 is 2.65 bits per heavy atom. The molecule has 0 spiro atoms. The van der Waals surface area contributed by atoms with Gasteiger partial charge in [0, 0.05) is 22.8 Å². The van der Waals surface area contributed by atoms with Gasteiger partial charge >= 0.3 is 0 Å². The first-order valence-electron chi connectivity index (χ1n) is 5.78. The fourth-order valence-corrected chi connectivity index (χ4v) is 3.04. The van der Waals surface area contributed by atoms with Crippen LogP contribution in [-0.4, -0.2) is 35.0 Å². The zero-order valence-electron chi connectivity index (χ0n) is 9.86. The van der Waals surface area contributed by atoms with E-state index in [0.717, 1.165) is 36.4 Å². The first-order valence-corrected chi connectivity index (χ1v) is 7.93. The number of halogens is 1. The molecule has 1 heterocycles. The molecule has 1 fully saturated rings. The van der Waals surface area contributed by atoms with Gasteiger partial charge in [0.1, 0.15) is 0 Å². The van der Waals surface area contributed by atoms with Gasteiger partial charge in [0.25, 0.3) is 5.91 Å². The van der Waals surface area contributed by atoms with Crippen molar-refractivity contribution >= 4 is 33.6 Å². The van der Waals surface area contributed by atoms with Crippen LogP contribution >= 0.6 is 27.7 Å². The van der Waals surface area contributed by atoms with E-state index < -0.39 is 0 Å². The Morgan fingerprint density at radius 2 is 2.00 bits per heavy atom. The summed E-state index contributed by atoms with van der Waals surface area (Å²) in [7, 11) is 0. The van der Waals surface area contributed by atoms with Crippen molar-refractivity contribution in [2.45, 2.75) is 22.6 Å². The molecular weight excluding hydrogens is 298 g/mol. The fraction of sp³-hybridized carbons (Fsp3) is 0.462. The molecule has 1 amide bonds. The normalized spacial score (nSPS) is 17.2. The van der Waals surface area contributed by atoms with E-state index >= 15 is 0 Å². The predicted molar refractivity (Wildman–Crippen MR) is 76.1 cm³/mol. The zero-order valence-corrected chi connectivity index (χ0v) is 12.3. The maximum Gasteiger partial charge on any atom is 0.254 e. The van der Waals surface area contributed by atoms with E-state index in [9.17, 15) is 4.79 Å². The van der Waals surface area contributed by atoms with E-state index in [1.54, 1.807) is 11.8 Å². The molecule has 2 rings (SSSR count). The van der Waals surface area contributed by atoms with Crippen molar-refractivity contribution in [1.29, 1.82) is 0 Å². The number of likely N-dealkylation sites (tertiary alicyclic amines) is 1. The molecule has 1 aromatic rings. The van der Waals surface area contributed by atoms with Crippen molar-refractivity contribution in [1.82, 2.24) is 4.90 Å². The number of hydrogen-bond acceptors (Lipinski definition) is 2. The van der Waals surface area contributed by atoms with E-state index in [0.29, 0.717) is 4.83 Å². The van der Waals surface area contributed by atoms with Gasteiger partial charge in [-0.25, -0.2) is 0 Å². The molecule has 1 aliphatic rings. The molecule has 17 heavy (non-hydrogen) atoms. The average molecular weight is 314 g/mol. The van der Waals surface area contributed by atoms with Gasteiger partial charge < -0.3 is 4.90 Å². The highest BCUT2D eigenvalue weighted by molar-refractivity contribution is 9.09. The number of benzene rings is 1. The molecule has 0 unspecified atom stereocenters. The maximum absolute atomic E-state index is 12.4. The third kappa shape index (κ3) is 3.05. The molecule has 0 bridgehead atoms. The molecule has 0 aromatic heterocycles. The molecule has 0 aliphatic carbocycles. The van der Waals surface area contributed by atoms with Crippen molar-refractivity contribution in [2.24, 2.45) is 0 Å². The van der Waals surface area contributed by atoms with Gasteiger partial charge in [0.15, 0.2) is 0 Å². The van der Waals surface area contributed by atoms with E-state index in [1.165, 1.54) is 0 Å². The average Bonchev–Trinajstić information content (AvgIpc) is 2.39. The molecule has 1 aromatic carbocycles. The molecule has 0 N–H and O–H groups in total. The van der Waals surface area contributed by atoms with Gasteiger partial charge in [-0.05, 0) is 31.2 Å². The molecule has 0 saturated carbocycles. The Labute approximate surface area is 115 Å². The summed E-state index contributed by atoms with van der Waals surface area (Å²) < 4.78 is 0. The van der Waals surface area contributed by atoms with Crippen LogP contribution in [0.1, 0.15) is 23.2 Å². The van der Waals surface area contributed by atoms with Gasteiger partial charge in [-0.1, -0.05) is 28.1 Å². The molecule has 0 atom stereocenters. The second kappa shape index (κ2) is 5.91. The highest BCUT2D eigenvalue weighted by Crippen LogP contribution is 2.24. The number of thioether (sulfide) groups is 1. The molecule has 2 nitrogen and oxygen atoms in total. The summed E-state index contributed by atoms with van der Waals surface area (Å²) in [4.78, 5) is 16.0. The van der Waals surface area contributed by atoms with Gasteiger partial charge in [-0.15, -0.1) is 11.8 Å². The maximum atomic E-state index is 12.4. The Kier molecular flexibility index (Phi) is 4.51. The first-order chi connectivity index (χ1) is 8.22. The van der Waals surface area contributed by atoms with Crippen LogP contribution in [0, 0.1) is 0 Å². The fourth-order valence-electron chi connectivity index (χ4n) is 2.04. The Balaban J connectivity index is 2.14. The lowest BCUT2D eigenvalue weighted by Gasteiger charge is -2.30. The van der Waals surface area contributed by atoms with Crippen LogP contribution in [0.15, 0.2) is 29.2 Å². The van der Waals surface area contributed by atoms with Crippen LogP contribution in [0.25, 0.3) is 0 Å². The highest BCUT2D eigenvalue weighted by atomic mass is 79.9. The van der Waals surface area contributed by atoms with Crippen molar-refractivity contribution in [3.63, 3.8) is 0 Å². The SMILES string of the molecule is CSc1ccccc1C(=O)N1CCC(Br)CC1. The summed E-state index contributed by atoms with van der Waals surface area (Å²) in [6.07, 6.45) is 4.11. The smallest absolute Gasteiger partial charge is 0.254 e. The second-order valence-electron chi connectivity index (χ2n) is 4.17. The van der Waals surface area contributed by atoms with Gasteiger partial charge in [0.2, 0.25) is 0 Å². The first kappa shape index (κ1) is 13.0. The number of alkyl halides is 1. The Morgan fingerprint density at radius 1 is 1.35 bits per heavy atom. The zero-order chi connectivity index (χ0) is 12.3. The minimum absolute atomic E-state index is 0.175. The van der Waals surface area contributed by atoms with Crippen LogP contribution in [0.2, 0.25) is 0 Å². The lowest BCUT2D eigenvalue weighted by atomic mass is 10.1. The number of hydrogen-bond donors (Lipinski definition) is 0. The largest absolute Gasteiger partial charge is 0.339 e. The quantitative estimate of drug-likeness (QED) is 0.616. The van der Waals surface area contributed by atoms with Crippen LogP contribution < -0.4 is 0 Å². The van der Waals surface area contributed by atoms with Crippen LogP contribution in [0.3, 0.4) is 0 Å². The summed E-state index contributed by atoms with van der Waals surface area (Å²) >= 11 is 5.24. The number of rotatable bonds is 2. The van der Waals surface area contributed by atoms with Crippen molar-refractivity contribution in [3.05, 3.63) is 29.8 Å². The van der Waals surface area contributed by atoms with E-state index in [-0.39, 0.29) is 5.91 Å². The second-order valence-corrected chi connectivity index (χ2v) is 6.31. The standard InChI is InChI=1S/C13H16BrNOS/c1-17-12-5-3-2-4-11(12)13(16)15-8-6-10(14)7-9-15/h2-5,10H,6-9H2,1H3. The number of amides is 1. The summed E-state index contributed by atoms with van der Waals surface area (Å²) in [6, 6.07) is 7.85. The van der Waals surface area contributed by atoms with Crippen molar-refractivity contribution < 1.29 is 4.79 Å². The van der Waals surface area contributed by atoms with Gasteiger partial charge in [-0.2, -0.15) is 0 Å². The molecule has 1 aliphatic heterocycles. The summed E-state index contributed by atoms with van der Waals surface area (Å²) in [5.41, 5.74) is 0.841. The molecular formula is C13H16BrNOS. The highest BCUT2D eigenvalue weighted by Gasteiger charge is 2.23. The Bertz CT molecular complexity index is 402. The minimum Gasteiger partial charge on any atom is -0.339 e. The number of carbonyl (C=O) groups is 1. The predicted octanol–water partition coefficient (Wildman–Crippen LogP) is 3.41. The van der Waals surface area contributed by atoms with Gasteiger partial charge in [0.05, 0.1) is 5.56 Å². The van der Waals surface area contributed by atoms with E-state index in [2.05, 4.69) is 15.9 Å². The number of piperidine rings is 1. The number of carbonyl (C=O) groups excluding carboxylic acids is 1. The summed E-state index contributed by atoms with van der Waals surface area (Å²) in [5.74, 6) is 0.175. The van der Waals surface area contributed by atoms with Crippen LogP contribution in [-0.2, 0) is 0 Å². The van der Waals surface area contributed by atoms with Gasteiger partial charge in [-0.3, -0.25) is 4.79 Å². The molecule has 92 valence electrons. The summed E-state index contributed by atoms with van der Waals surface area (Å²) in [6.45, 7) is 1.72. The molecule has 1 saturated heterocycles. The monoisotopic (exact) mass is 313 g/mol. The lowest BCUT2D eigenvalue weighted by molar-refractivity contribution is 0.0725. The molecule has 4 heteroatoms. The van der Waals surface area contributed by atoms with Crippen molar-refractivity contribution in [3.8, 4) is 0 Å². The number of nitrogens with zero attached hydrogens (tertiary/aromatic N) is 1. The van der Waals surface area contributed by atoms with E-state index in [4.69, 9.17) is 0 Å². The third-order valence-corrected chi connectivity index (χ3v) is 4.76. The van der Waals surface area contributed by atoms with E-state index in [1.807, 2.05) is 35.4 Å². The summed E-state index contributed by atoms with van der Waals surface area (Å²) in [5, 5.41) is 0. The third-order valence-electron chi connectivity index (χ3n) is 3.05. The molecule has 0 radical (unpaired) electrons. The van der Waals surface area contributed by atoms with Crippen molar-refractivity contribution in [2.75, 3.05) is 19.3 Å². The lowest BCUT2D eigenvalue weighted by Crippen LogP contribution is -2.38. The van der Waals surface area contributed by atoms with Crippen LogP contribution in [0.4, 0.5) is 0 Å². The van der Waals surface area contributed by atoms with Crippen LogP contribution in [0.5, 0.6) is 0 Å². The Hall–Kier alpha value is -0.480. The topological polar surface area (TPSA) is 20.3 Å².